The molecule has 94 valence electrons. The van der Waals surface area contributed by atoms with E-state index in [0.717, 1.165) is 22.2 Å². The van der Waals surface area contributed by atoms with Crippen molar-refractivity contribution in [1.82, 2.24) is 9.97 Å². The van der Waals surface area contributed by atoms with Gasteiger partial charge in [0.25, 0.3) is 0 Å². The molecule has 3 N–H and O–H groups in total. The molecule has 0 saturated heterocycles. The van der Waals surface area contributed by atoms with Gasteiger partial charge in [0, 0.05) is 10.9 Å². The van der Waals surface area contributed by atoms with Gasteiger partial charge in [-0.05, 0) is 19.1 Å². The van der Waals surface area contributed by atoms with Crippen molar-refractivity contribution >= 4 is 16.9 Å². The lowest BCUT2D eigenvalue weighted by Crippen LogP contribution is -2.11. The molecule has 3 aromatic rings. The number of nitrogen functional groups attached to an aromatic ring is 1. The lowest BCUT2D eigenvalue weighted by atomic mass is 10.0. The van der Waals surface area contributed by atoms with Crippen molar-refractivity contribution in [3.63, 3.8) is 0 Å². The second-order valence-corrected chi connectivity index (χ2v) is 4.43. The van der Waals surface area contributed by atoms with Gasteiger partial charge in [0.05, 0.1) is 11.2 Å². The van der Waals surface area contributed by atoms with Gasteiger partial charge in [-0.1, -0.05) is 42.0 Å². The van der Waals surface area contributed by atoms with Crippen LogP contribution in [0.1, 0.15) is 5.56 Å². The van der Waals surface area contributed by atoms with Crippen molar-refractivity contribution < 1.29 is 0 Å². The third-order valence-corrected chi connectivity index (χ3v) is 3.03. The highest BCUT2D eigenvalue weighted by Crippen LogP contribution is 2.27. The van der Waals surface area contributed by atoms with Gasteiger partial charge in [0.15, 0.2) is 0 Å². The van der Waals surface area contributed by atoms with Crippen molar-refractivity contribution in [3.05, 3.63) is 54.1 Å². The topological polar surface area (TPSA) is 63.8 Å². The Labute approximate surface area is 111 Å². The number of aryl methyl sites for hydroxylation is 1. The average Bonchev–Trinajstić information content (AvgIpc) is 2.47. The molecule has 2 aromatic carbocycles. The second-order valence-electron chi connectivity index (χ2n) is 4.43. The fourth-order valence-electron chi connectivity index (χ4n) is 2.12. The molecule has 0 spiro atoms. The Morgan fingerprint density at radius 3 is 2.53 bits per heavy atom. The van der Waals surface area contributed by atoms with E-state index in [1.807, 2.05) is 42.5 Å². The number of hydrogen-bond acceptors (Lipinski definition) is 4. The minimum Gasteiger partial charge on any atom is -0.292 e. The number of fused-ring (bicyclic) bond motifs is 1. The van der Waals surface area contributed by atoms with Crippen LogP contribution in [0.15, 0.2) is 48.5 Å². The van der Waals surface area contributed by atoms with Crippen LogP contribution in [0.25, 0.3) is 22.2 Å². The molecule has 0 aliphatic rings. The zero-order chi connectivity index (χ0) is 13.2. The number of hydrogen-bond donors (Lipinski definition) is 2. The maximum atomic E-state index is 5.44. The van der Waals surface area contributed by atoms with E-state index in [0.29, 0.717) is 5.95 Å². The number of aromatic nitrogens is 2. The molecule has 0 bridgehead atoms. The van der Waals surface area contributed by atoms with Gasteiger partial charge in [-0.25, -0.2) is 15.8 Å². The maximum Gasteiger partial charge on any atom is 0.238 e. The Bertz CT molecular complexity index is 723. The standard InChI is InChI=1S/C15H14N4/c1-10-7-8-13-12(9-10)14(18-15(17-13)19-16)11-5-3-2-4-6-11/h2-9H,16H2,1H3,(H,17,18,19). The molecular weight excluding hydrogens is 236 g/mol. The molecule has 4 nitrogen and oxygen atoms in total. The summed E-state index contributed by atoms with van der Waals surface area (Å²) in [5.74, 6) is 5.87. The SMILES string of the molecule is Cc1ccc2nc(NN)nc(-c3ccccc3)c2c1. The van der Waals surface area contributed by atoms with Crippen molar-refractivity contribution in [2.75, 3.05) is 5.43 Å². The van der Waals surface area contributed by atoms with Gasteiger partial charge < -0.3 is 0 Å². The van der Waals surface area contributed by atoms with Crippen LogP contribution in [0.3, 0.4) is 0 Å². The van der Waals surface area contributed by atoms with E-state index >= 15 is 0 Å². The second kappa shape index (κ2) is 4.66. The van der Waals surface area contributed by atoms with Crippen molar-refractivity contribution in [2.24, 2.45) is 5.84 Å². The van der Waals surface area contributed by atoms with Crippen molar-refractivity contribution in [2.45, 2.75) is 6.92 Å². The van der Waals surface area contributed by atoms with Crippen molar-refractivity contribution in [3.8, 4) is 11.3 Å². The van der Waals surface area contributed by atoms with Crippen LogP contribution in [-0.2, 0) is 0 Å². The average molecular weight is 250 g/mol. The van der Waals surface area contributed by atoms with E-state index in [4.69, 9.17) is 5.84 Å². The summed E-state index contributed by atoms with van der Waals surface area (Å²) >= 11 is 0. The largest absolute Gasteiger partial charge is 0.292 e. The third kappa shape index (κ3) is 2.13. The summed E-state index contributed by atoms with van der Waals surface area (Å²) < 4.78 is 0. The normalized spacial score (nSPS) is 10.6. The predicted octanol–water partition coefficient (Wildman–Crippen LogP) is 2.89. The first kappa shape index (κ1) is 11.6. The van der Waals surface area contributed by atoms with Crippen LogP contribution in [0.4, 0.5) is 5.95 Å². The van der Waals surface area contributed by atoms with E-state index in [1.54, 1.807) is 0 Å². The number of hydrazine groups is 1. The highest BCUT2D eigenvalue weighted by atomic mass is 15.3. The molecule has 19 heavy (non-hydrogen) atoms. The predicted molar refractivity (Wildman–Crippen MR) is 77.5 cm³/mol. The first-order valence-corrected chi connectivity index (χ1v) is 6.08. The smallest absolute Gasteiger partial charge is 0.238 e. The molecule has 0 amide bonds. The summed E-state index contributed by atoms with van der Waals surface area (Å²) in [6.45, 7) is 2.06. The molecule has 0 fully saturated rings. The first-order chi connectivity index (χ1) is 9.28. The van der Waals surface area contributed by atoms with Gasteiger partial charge in [0.2, 0.25) is 5.95 Å². The van der Waals surface area contributed by atoms with Gasteiger partial charge in [-0.2, -0.15) is 0 Å². The fraction of sp³-hybridized carbons (Fsp3) is 0.0667. The van der Waals surface area contributed by atoms with Crippen molar-refractivity contribution in [1.29, 1.82) is 0 Å². The monoisotopic (exact) mass is 250 g/mol. The number of nitrogens with one attached hydrogen (secondary N) is 1. The molecular formula is C15H14N4. The summed E-state index contributed by atoms with van der Waals surface area (Å²) in [6.07, 6.45) is 0. The highest BCUT2D eigenvalue weighted by molar-refractivity contribution is 5.93. The van der Waals surface area contributed by atoms with E-state index in [9.17, 15) is 0 Å². The Morgan fingerprint density at radius 2 is 1.79 bits per heavy atom. The summed E-state index contributed by atoms with van der Waals surface area (Å²) in [5.41, 5.74) is 6.53. The van der Waals surface area contributed by atoms with Crippen LogP contribution in [0, 0.1) is 6.92 Å². The molecule has 3 rings (SSSR count). The number of rotatable bonds is 2. The van der Waals surface area contributed by atoms with Gasteiger partial charge >= 0.3 is 0 Å². The zero-order valence-electron chi connectivity index (χ0n) is 10.6. The minimum absolute atomic E-state index is 0.426. The molecule has 0 aliphatic carbocycles. The van der Waals surface area contributed by atoms with E-state index in [-0.39, 0.29) is 0 Å². The van der Waals surface area contributed by atoms with E-state index in [1.165, 1.54) is 5.56 Å². The number of anilines is 1. The lowest BCUT2D eigenvalue weighted by molar-refractivity contribution is 1.15. The Balaban J connectivity index is 2.35. The number of nitrogens with zero attached hydrogens (tertiary/aromatic N) is 2. The summed E-state index contributed by atoms with van der Waals surface area (Å²) in [6, 6.07) is 16.2. The Morgan fingerprint density at radius 1 is 1.00 bits per heavy atom. The van der Waals surface area contributed by atoms with Crippen LogP contribution >= 0.6 is 0 Å². The van der Waals surface area contributed by atoms with Crippen LogP contribution in [0.2, 0.25) is 0 Å². The molecule has 1 aromatic heterocycles. The van der Waals surface area contributed by atoms with E-state index < -0.39 is 0 Å². The number of nitrogens with two attached hydrogens (primary N) is 1. The Kier molecular flexibility index (Phi) is 2.85. The summed E-state index contributed by atoms with van der Waals surface area (Å²) in [7, 11) is 0. The summed E-state index contributed by atoms with van der Waals surface area (Å²) in [4.78, 5) is 8.86. The van der Waals surface area contributed by atoms with Gasteiger partial charge in [-0.15, -0.1) is 0 Å². The van der Waals surface area contributed by atoms with Gasteiger partial charge in [0.1, 0.15) is 0 Å². The molecule has 0 unspecified atom stereocenters. The molecule has 4 heteroatoms. The highest BCUT2D eigenvalue weighted by Gasteiger charge is 2.09. The van der Waals surface area contributed by atoms with Crippen LogP contribution in [-0.4, -0.2) is 9.97 Å². The molecule has 0 aliphatic heterocycles. The minimum atomic E-state index is 0.426. The summed E-state index contributed by atoms with van der Waals surface area (Å²) in [5, 5.41) is 1.03. The van der Waals surface area contributed by atoms with Crippen LogP contribution < -0.4 is 11.3 Å². The van der Waals surface area contributed by atoms with Gasteiger partial charge in [-0.3, -0.25) is 5.43 Å². The first-order valence-electron chi connectivity index (χ1n) is 6.08. The fourth-order valence-corrected chi connectivity index (χ4v) is 2.12. The quantitative estimate of drug-likeness (QED) is 0.542. The molecule has 0 saturated carbocycles. The zero-order valence-corrected chi connectivity index (χ0v) is 10.6. The van der Waals surface area contributed by atoms with Crippen LogP contribution in [0.5, 0.6) is 0 Å². The van der Waals surface area contributed by atoms with E-state index in [2.05, 4.69) is 28.4 Å². The molecule has 1 heterocycles. The Hall–Kier alpha value is -2.46. The maximum absolute atomic E-state index is 5.44. The molecule has 0 radical (unpaired) electrons. The lowest BCUT2D eigenvalue weighted by Gasteiger charge is -2.09. The molecule has 0 atom stereocenters. The third-order valence-electron chi connectivity index (χ3n) is 3.03. The number of benzene rings is 2.